The Balaban J connectivity index is 1.39. The number of guanidine groups is 1. The number of nitrogens with one attached hydrogen (secondary N) is 2. The molecule has 0 aliphatic carbocycles. The summed E-state index contributed by atoms with van der Waals surface area (Å²) >= 11 is 0. The number of nitrogens with zero attached hydrogens (tertiary/aromatic N) is 2. The first kappa shape index (κ1) is 22.0. The highest BCUT2D eigenvalue weighted by Gasteiger charge is 2.37. The molecule has 3 heterocycles. The molecule has 3 aliphatic rings. The summed E-state index contributed by atoms with van der Waals surface area (Å²) in [5.74, 6) is 2.10. The van der Waals surface area contributed by atoms with E-state index in [0.717, 1.165) is 29.9 Å². The molecule has 1 unspecified atom stereocenters. The van der Waals surface area contributed by atoms with Crippen molar-refractivity contribution in [3.05, 3.63) is 23.8 Å². The zero-order chi connectivity index (χ0) is 21.9. The van der Waals surface area contributed by atoms with E-state index in [1.54, 1.807) is 7.05 Å². The monoisotopic (exact) mass is 442 g/mol. The Morgan fingerprint density at radius 2 is 2.00 bits per heavy atom. The van der Waals surface area contributed by atoms with Gasteiger partial charge in [-0.1, -0.05) is 6.07 Å². The number of alkyl halides is 3. The van der Waals surface area contributed by atoms with Crippen LogP contribution in [-0.2, 0) is 10.2 Å². The minimum Gasteiger partial charge on any atom is -0.454 e. The van der Waals surface area contributed by atoms with Gasteiger partial charge < -0.3 is 24.8 Å². The minimum atomic E-state index is -4.17. The fourth-order valence-electron chi connectivity index (χ4n) is 4.54. The van der Waals surface area contributed by atoms with Gasteiger partial charge in [-0.3, -0.25) is 9.89 Å². The smallest absolute Gasteiger partial charge is 0.401 e. The Labute approximate surface area is 179 Å². The highest BCUT2D eigenvalue weighted by Crippen LogP contribution is 2.40. The van der Waals surface area contributed by atoms with Gasteiger partial charge in [0.1, 0.15) is 0 Å². The maximum absolute atomic E-state index is 12.7. The Morgan fingerprint density at radius 1 is 1.23 bits per heavy atom. The molecule has 31 heavy (non-hydrogen) atoms. The summed E-state index contributed by atoms with van der Waals surface area (Å²) in [6, 6.07) is 5.99. The molecule has 0 radical (unpaired) electrons. The van der Waals surface area contributed by atoms with Gasteiger partial charge in [0.25, 0.3) is 0 Å². The van der Waals surface area contributed by atoms with Crippen molar-refractivity contribution in [1.82, 2.24) is 15.5 Å². The Hall–Kier alpha value is -2.20. The largest absolute Gasteiger partial charge is 0.454 e. The molecule has 3 aliphatic heterocycles. The second-order valence-corrected chi connectivity index (χ2v) is 8.37. The number of hydrogen-bond donors (Lipinski definition) is 2. The summed E-state index contributed by atoms with van der Waals surface area (Å²) in [7, 11) is 1.68. The molecule has 4 rings (SSSR count). The van der Waals surface area contributed by atoms with E-state index in [9.17, 15) is 13.2 Å². The van der Waals surface area contributed by atoms with Crippen LogP contribution in [0.25, 0.3) is 0 Å². The van der Waals surface area contributed by atoms with Crippen molar-refractivity contribution in [3.63, 3.8) is 0 Å². The van der Waals surface area contributed by atoms with Crippen LogP contribution >= 0.6 is 0 Å². The zero-order valence-electron chi connectivity index (χ0n) is 17.6. The number of ether oxygens (including phenoxy) is 3. The standard InChI is InChI=1S/C21H29F3N4O3/c1-25-19(27-16-4-7-28(11-16)13-21(22,23)24)26-12-20(5-8-29-9-6-20)15-2-3-17-18(10-15)31-14-30-17/h2-3,10,16H,4-9,11-14H2,1H3,(H2,25,26,27). The van der Waals surface area contributed by atoms with Gasteiger partial charge in [0, 0.05) is 51.4 Å². The number of likely N-dealkylation sites (tertiary alicyclic amines) is 1. The summed E-state index contributed by atoms with van der Waals surface area (Å²) < 4.78 is 54.6. The molecule has 10 heteroatoms. The third-order valence-corrected chi connectivity index (χ3v) is 6.27. The van der Waals surface area contributed by atoms with Crippen LogP contribution in [0, 0.1) is 0 Å². The van der Waals surface area contributed by atoms with Crippen molar-refractivity contribution in [2.24, 2.45) is 4.99 Å². The fraction of sp³-hybridized carbons (Fsp3) is 0.667. The van der Waals surface area contributed by atoms with Gasteiger partial charge in [-0.15, -0.1) is 0 Å². The third-order valence-electron chi connectivity index (χ3n) is 6.27. The maximum atomic E-state index is 12.7. The number of hydrogen-bond acceptors (Lipinski definition) is 5. The number of benzene rings is 1. The number of aliphatic imine (C=N–C) groups is 1. The van der Waals surface area contributed by atoms with Crippen molar-refractivity contribution < 1.29 is 27.4 Å². The van der Waals surface area contributed by atoms with Crippen molar-refractivity contribution in [1.29, 1.82) is 0 Å². The summed E-state index contributed by atoms with van der Waals surface area (Å²) in [4.78, 5) is 5.72. The van der Waals surface area contributed by atoms with E-state index in [1.807, 2.05) is 12.1 Å². The van der Waals surface area contributed by atoms with Gasteiger partial charge in [-0.05, 0) is 37.0 Å². The average Bonchev–Trinajstić information content (AvgIpc) is 3.39. The fourth-order valence-corrected chi connectivity index (χ4v) is 4.54. The number of halogens is 3. The van der Waals surface area contributed by atoms with E-state index in [0.29, 0.717) is 45.2 Å². The van der Waals surface area contributed by atoms with E-state index in [-0.39, 0.29) is 18.2 Å². The second kappa shape index (κ2) is 9.12. The van der Waals surface area contributed by atoms with Gasteiger partial charge in [-0.2, -0.15) is 13.2 Å². The highest BCUT2D eigenvalue weighted by atomic mass is 19.4. The molecule has 0 amide bonds. The lowest BCUT2D eigenvalue weighted by atomic mass is 9.74. The van der Waals surface area contributed by atoms with Crippen LogP contribution in [0.2, 0.25) is 0 Å². The molecule has 0 saturated carbocycles. The van der Waals surface area contributed by atoms with Gasteiger partial charge >= 0.3 is 6.18 Å². The predicted molar refractivity (Wildman–Crippen MR) is 110 cm³/mol. The normalized spacial score (nSPS) is 23.7. The molecule has 0 bridgehead atoms. The third kappa shape index (κ3) is 5.35. The van der Waals surface area contributed by atoms with E-state index in [1.165, 1.54) is 4.90 Å². The lowest BCUT2D eigenvalue weighted by Gasteiger charge is -2.38. The van der Waals surface area contributed by atoms with Crippen LogP contribution in [0.15, 0.2) is 23.2 Å². The highest BCUT2D eigenvalue weighted by molar-refractivity contribution is 5.80. The summed E-state index contributed by atoms with van der Waals surface area (Å²) in [6.45, 7) is 2.10. The topological polar surface area (TPSA) is 67.4 Å². The van der Waals surface area contributed by atoms with Crippen molar-refractivity contribution in [2.75, 3.05) is 53.2 Å². The molecule has 2 N–H and O–H groups in total. The lowest BCUT2D eigenvalue weighted by Crippen LogP contribution is -2.50. The summed E-state index contributed by atoms with van der Waals surface area (Å²) in [6.07, 6.45) is -1.83. The predicted octanol–water partition coefficient (Wildman–Crippen LogP) is 2.27. The molecule has 1 atom stereocenters. The molecule has 172 valence electrons. The van der Waals surface area contributed by atoms with Crippen LogP contribution < -0.4 is 20.1 Å². The lowest BCUT2D eigenvalue weighted by molar-refractivity contribution is -0.143. The molecule has 2 saturated heterocycles. The Bertz CT molecular complexity index is 797. The van der Waals surface area contributed by atoms with Crippen LogP contribution in [-0.4, -0.2) is 76.3 Å². The van der Waals surface area contributed by atoms with E-state index in [4.69, 9.17) is 14.2 Å². The zero-order valence-corrected chi connectivity index (χ0v) is 17.6. The second-order valence-electron chi connectivity index (χ2n) is 8.37. The molecular formula is C21H29F3N4O3. The van der Waals surface area contributed by atoms with Gasteiger partial charge in [0.05, 0.1) is 6.54 Å². The molecule has 0 aromatic heterocycles. The van der Waals surface area contributed by atoms with Crippen molar-refractivity contribution in [2.45, 2.75) is 36.9 Å². The van der Waals surface area contributed by atoms with E-state index < -0.39 is 12.7 Å². The molecule has 2 fully saturated rings. The van der Waals surface area contributed by atoms with Gasteiger partial charge in [0.2, 0.25) is 6.79 Å². The molecule has 1 aromatic rings. The van der Waals surface area contributed by atoms with Crippen LogP contribution in [0.4, 0.5) is 13.2 Å². The first-order valence-electron chi connectivity index (χ1n) is 10.6. The Kier molecular flexibility index (Phi) is 6.47. The first-order valence-corrected chi connectivity index (χ1v) is 10.6. The van der Waals surface area contributed by atoms with E-state index in [2.05, 4.69) is 21.7 Å². The van der Waals surface area contributed by atoms with Crippen molar-refractivity contribution >= 4 is 5.96 Å². The van der Waals surface area contributed by atoms with Crippen LogP contribution in [0.1, 0.15) is 24.8 Å². The van der Waals surface area contributed by atoms with E-state index >= 15 is 0 Å². The SMILES string of the molecule is CN=C(NCC1(c2ccc3c(c2)OCO3)CCOCC1)NC1CCN(CC(F)(F)F)C1. The summed E-state index contributed by atoms with van der Waals surface area (Å²) in [5.41, 5.74) is 0.995. The Morgan fingerprint density at radius 3 is 2.74 bits per heavy atom. The molecule has 1 aromatic carbocycles. The maximum Gasteiger partial charge on any atom is 0.401 e. The molecule has 7 nitrogen and oxygen atoms in total. The van der Waals surface area contributed by atoms with Gasteiger partial charge in [0.15, 0.2) is 17.5 Å². The minimum absolute atomic E-state index is 0.0651. The first-order chi connectivity index (χ1) is 14.9. The number of fused-ring (bicyclic) bond motifs is 1. The average molecular weight is 442 g/mol. The number of rotatable bonds is 5. The van der Waals surface area contributed by atoms with Crippen LogP contribution in [0.3, 0.4) is 0 Å². The van der Waals surface area contributed by atoms with Gasteiger partial charge in [-0.25, -0.2) is 0 Å². The van der Waals surface area contributed by atoms with Crippen LogP contribution in [0.5, 0.6) is 11.5 Å². The molecule has 0 spiro atoms. The summed E-state index contributed by atoms with van der Waals surface area (Å²) in [5, 5.41) is 6.69. The van der Waals surface area contributed by atoms with Crippen molar-refractivity contribution in [3.8, 4) is 11.5 Å². The molecular weight excluding hydrogens is 413 g/mol. The quantitative estimate of drug-likeness (QED) is 0.539.